The lowest BCUT2D eigenvalue weighted by molar-refractivity contribution is 0.642. The first kappa shape index (κ1) is 9.55. The number of hydrogen-bond donors (Lipinski definition) is 1. The fourth-order valence-corrected chi connectivity index (χ4v) is 1.25. The minimum absolute atomic E-state index is 0.650. The summed E-state index contributed by atoms with van der Waals surface area (Å²) < 4.78 is 1.89. The van der Waals surface area contributed by atoms with Gasteiger partial charge in [0.05, 0.1) is 11.4 Å². The van der Waals surface area contributed by atoms with Gasteiger partial charge >= 0.3 is 0 Å². The second-order valence-electron chi connectivity index (χ2n) is 2.77. The predicted molar refractivity (Wildman–Crippen MR) is 50.4 cm³/mol. The molecule has 0 radical (unpaired) electrons. The topological polar surface area (TPSA) is 29.9 Å². The average Bonchev–Trinajstić information content (AvgIpc) is 2.31. The molecule has 0 aliphatic carbocycles. The average molecular weight is 188 g/mol. The maximum Gasteiger partial charge on any atom is 0.0597 e. The van der Waals surface area contributed by atoms with E-state index in [0.29, 0.717) is 5.88 Å². The Hall–Kier alpha value is -0.540. The quantitative estimate of drug-likeness (QED) is 0.564. The van der Waals surface area contributed by atoms with E-state index in [2.05, 4.69) is 16.5 Å². The van der Waals surface area contributed by atoms with E-state index in [-0.39, 0.29) is 0 Å². The summed E-state index contributed by atoms with van der Waals surface area (Å²) in [5, 5.41) is 7.45. The lowest BCUT2D eigenvalue weighted by Gasteiger charge is -2.01. The molecule has 0 aliphatic rings. The highest BCUT2D eigenvalue weighted by molar-refractivity contribution is 6.18. The molecule has 0 fully saturated rings. The SMILES string of the molecule is Cc1cc(CNCCCl)n(C)n1. The van der Waals surface area contributed by atoms with Crippen LogP contribution in [0.2, 0.25) is 0 Å². The Kier molecular flexibility index (Phi) is 3.56. The molecule has 4 heteroatoms. The summed E-state index contributed by atoms with van der Waals surface area (Å²) in [7, 11) is 1.95. The van der Waals surface area contributed by atoms with Gasteiger partial charge in [0.15, 0.2) is 0 Å². The summed E-state index contributed by atoms with van der Waals surface area (Å²) in [5.74, 6) is 0.650. The number of nitrogens with zero attached hydrogens (tertiary/aromatic N) is 2. The van der Waals surface area contributed by atoms with Crippen molar-refractivity contribution in [2.24, 2.45) is 7.05 Å². The van der Waals surface area contributed by atoms with Gasteiger partial charge in [-0.3, -0.25) is 4.68 Å². The van der Waals surface area contributed by atoms with Crippen LogP contribution < -0.4 is 5.32 Å². The Labute approximate surface area is 77.7 Å². The second kappa shape index (κ2) is 4.48. The number of alkyl halides is 1. The Morgan fingerprint density at radius 1 is 1.67 bits per heavy atom. The fourth-order valence-electron chi connectivity index (χ4n) is 1.11. The molecule has 0 spiro atoms. The standard InChI is InChI=1S/C8H14ClN3/c1-7-5-8(12(2)11-7)6-10-4-3-9/h5,10H,3-4,6H2,1-2H3. The van der Waals surface area contributed by atoms with Gasteiger partial charge in [0.2, 0.25) is 0 Å². The van der Waals surface area contributed by atoms with Crippen LogP contribution in [0.5, 0.6) is 0 Å². The van der Waals surface area contributed by atoms with Crippen molar-refractivity contribution in [2.45, 2.75) is 13.5 Å². The maximum atomic E-state index is 5.53. The van der Waals surface area contributed by atoms with Crippen LogP contribution in [0.25, 0.3) is 0 Å². The zero-order chi connectivity index (χ0) is 8.97. The molecule has 1 aromatic heterocycles. The molecule has 0 bridgehead atoms. The van der Waals surface area contributed by atoms with E-state index < -0.39 is 0 Å². The van der Waals surface area contributed by atoms with E-state index in [1.54, 1.807) is 0 Å². The molecule has 68 valence electrons. The largest absolute Gasteiger partial charge is 0.310 e. The molecule has 0 aliphatic heterocycles. The monoisotopic (exact) mass is 187 g/mol. The molecule has 3 nitrogen and oxygen atoms in total. The van der Waals surface area contributed by atoms with Crippen molar-refractivity contribution >= 4 is 11.6 Å². The number of aryl methyl sites for hydroxylation is 2. The first-order valence-corrected chi connectivity index (χ1v) is 4.53. The van der Waals surface area contributed by atoms with E-state index in [1.807, 2.05) is 18.7 Å². The molecule has 12 heavy (non-hydrogen) atoms. The smallest absolute Gasteiger partial charge is 0.0597 e. The molecule has 1 rings (SSSR count). The summed E-state index contributed by atoms with van der Waals surface area (Å²) >= 11 is 5.53. The predicted octanol–water partition coefficient (Wildman–Crippen LogP) is 1.06. The van der Waals surface area contributed by atoms with Crippen LogP contribution in [-0.2, 0) is 13.6 Å². The van der Waals surface area contributed by atoms with E-state index in [0.717, 1.165) is 18.8 Å². The molecule has 0 saturated heterocycles. The molecule has 1 aromatic rings. The number of aromatic nitrogens is 2. The van der Waals surface area contributed by atoms with E-state index in [9.17, 15) is 0 Å². The third kappa shape index (κ3) is 2.50. The minimum atomic E-state index is 0.650. The molecular formula is C8H14ClN3. The number of hydrogen-bond acceptors (Lipinski definition) is 2. The molecule has 0 aromatic carbocycles. The van der Waals surface area contributed by atoms with Gasteiger partial charge in [-0.05, 0) is 13.0 Å². The van der Waals surface area contributed by atoms with Gasteiger partial charge in [-0.1, -0.05) is 0 Å². The maximum absolute atomic E-state index is 5.53. The Balaban J connectivity index is 2.45. The Morgan fingerprint density at radius 3 is 2.92 bits per heavy atom. The van der Waals surface area contributed by atoms with Crippen molar-refractivity contribution in [2.75, 3.05) is 12.4 Å². The highest BCUT2D eigenvalue weighted by Gasteiger charge is 1.99. The summed E-state index contributed by atoms with van der Waals surface area (Å²) in [6, 6.07) is 2.07. The van der Waals surface area contributed by atoms with Crippen LogP contribution in [-0.4, -0.2) is 22.2 Å². The highest BCUT2D eigenvalue weighted by Crippen LogP contribution is 2.00. The molecule has 0 saturated carbocycles. The highest BCUT2D eigenvalue weighted by atomic mass is 35.5. The molecule has 1 N–H and O–H groups in total. The van der Waals surface area contributed by atoms with Gasteiger partial charge in [0.1, 0.15) is 0 Å². The fraction of sp³-hybridized carbons (Fsp3) is 0.625. The summed E-state index contributed by atoms with van der Waals surface area (Å²) in [6.07, 6.45) is 0. The first-order valence-electron chi connectivity index (χ1n) is 4.00. The van der Waals surface area contributed by atoms with Crippen LogP contribution in [0.4, 0.5) is 0 Å². The number of rotatable bonds is 4. The summed E-state index contributed by atoms with van der Waals surface area (Å²) in [5.41, 5.74) is 2.25. The normalized spacial score (nSPS) is 10.6. The zero-order valence-electron chi connectivity index (χ0n) is 7.47. The molecule has 1 heterocycles. The minimum Gasteiger partial charge on any atom is -0.310 e. The van der Waals surface area contributed by atoms with Crippen molar-refractivity contribution < 1.29 is 0 Å². The summed E-state index contributed by atoms with van der Waals surface area (Å²) in [6.45, 7) is 3.67. The van der Waals surface area contributed by atoms with Crippen LogP contribution in [0.15, 0.2) is 6.07 Å². The third-order valence-electron chi connectivity index (χ3n) is 1.68. The van der Waals surface area contributed by atoms with E-state index in [4.69, 9.17) is 11.6 Å². The van der Waals surface area contributed by atoms with Crippen LogP contribution >= 0.6 is 11.6 Å². The number of nitrogens with one attached hydrogen (secondary N) is 1. The molecule has 0 amide bonds. The van der Waals surface area contributed by atoms with Gasteiger partial charge < -0.3 is 5.32 Å². The lowest BCUT2D eigenvalue weighted by Crippen LogP contribution is -2.17. The van der Waals surface area contributed by atoms with Crippen LogP contribution in [0, 0.1) is 6.92 Å². The van der Waals surface area contributed by atoms with Crippen molar-refractivity contribution in [3.8, 4) is 0 Å². The van der Waals surface area contributed by atoms with Gasteiger partial charge in [-0.15, -0.1) is 11.6 Å². The van der Waals surface area contributed by atoms with Gasteiger partial charge in [-0.2, -0.15) is 5.10 Å². The lowest BCUT2D eigenvalue weighted by atomic mass is 10.3. The third-order valence-corrected chi connectivity index (χ3v) is 1.87. The second-order valence-corrected chi connectivity index (χ2v) is 3.14. The van der Waals surface area contributed by atoms with Gasteiger partial charge in [0.25, 0.3) is 0 Å². The first-order chi connectivity index (χ1) is 5.74. The zero-order valence-corrected chi connectivity index (χ0v) is 8.23. The molecule has 0 unspecified atom stereocenters. The van der Waals surface area contributed by atoms with Gasteiger partial charge in [-0.25, -0.2) is 0 Å². The van der Waals surface area contributed by atoms with Crippen molar-refractivity contribution in [1.82, 2.24) is 15.1 Å². The van der Waals surface area contributed by atoms with Gasteiger partial charge in [0, 0.05) is 26.0 Å². The summed E-state index contributed by atoms with van der Waals surface area (Å²) in [4.78, 5) is 0. The molecule has 0 atom stereocenters. The molecular weight excluding hydrogens is 174 g/mol. The van der Waals surface area contributed by atoms with Crippen molar-refractivity contribution in [1.29, 1.82) is 0 Å². The van der Waals surface area contributed by atoms with Crippen LogP contribution in [0.1, 0.15) is 11.4 Å². The Morgan fingerprint density at radius 2 is 2.42 bits per heavy atom. The van der Waals surface area contributed by atoms with E-state index >= 15 is 0 Å². The van der Waals surface area contributed by atoms with Crippen molar-refractivity contribution in [3.63, 3.8) is 0 Å². The van der Waals surface area contributed by atoms with Crippen molar-refractivity contribution in [3.05, 3.63) is 17.5 Å². The number of halogens is 1. The van der Waals surface area contributed by atoms with E-state index in [1.165, 1.54) is 5.69 Å². The Bertz CT molecular complexity index is 244. The van der Waals surface area contributed by atoms with Crippen LogP contribution in [0.3, 0.4) is 0 Å².